The predicted octanol–water partition coefficient (Wildman–Crippen LogP) is 3.88. The van der Waals surface area contributed by atoms with E-state index in [0.29, 0.717) is 6.61 Å². The van der Waals surface area contributed by atoms with Crippen LogP contribution in [0.3, 0.4) is 0 Å². The fraction of sp³-hybridized carbons (Fsp3) is 0.526. The Hall–Kier alpha value is -1.97. The van der Waals surface area contributed by atoms with Crippen molar-refractivity contribution in [2.45, 2.75) is 58.1 Å². The van der Waals surface area contributed by atoms with E-state index in [2.05, 4.69) is 12.2 Å². The van der Waals surface area contributed by atoms with E-state index in [1.54, 1.807) is 0 Å². The van der Waals surface area contributed by atoms with E-state index in [0.717, 1.165) is 48.3 Å². The Balaban J connectivity index is 1.86. The van der Waals surface area contributed by atoms with Crippen LogP contribution in [0.2, 0.25) is 0 Å². The first-order valence-corrected chi connectivity index (χ1v) is 8.48. The van der Waals surface area contributed by atoms with Gasteiger partial charge in [0.15, 0.2) is 5.72 Å². The van der Waals surface area contributed by atoms with Crippen LogP contribution in [0.1, 0.15) is 57.9 Å². The molecular formula is C19H25NO3. The lowest BCUT2D eigenvalue weighted by molar-refractivity contribution is -0.140. The first kappa shape index (κ1) is 15.9. The highest BCUT2D eigenvalue weighted by molar-refractivity contribution is 5.91. The van der Waals surface area contributed by atoms with Crippen LogP contribution < -0.4 is 10.1 Å². The number of hydrogen-bond acceptors (Lipinski definition) is 4. The maximum Gasteiger partial charge on any atom is 0.336 e. The van der Waals surface area contributed by atoms with Crippen molar-refractivity contribution < 1.29 is 14.3 Å². The van der Waals surface area contributed by atoms with Crippen molar-refractivity contribution in [3.8, 4) is 5.75 Å². The molecule has 2 aliphatic rings. The average molecular weight is 315 g/mol. The molecule has 0 saturated heterocycles. The van der Waals surface area contributed by atoms with E-state index in [9.17, 15) is 4.79 Å². The van der Waals surface area contributed by atoms with Gasteiger partial charge in [-0.05, 0) is 26.3 Å². The Kier molecular flexibility index (Phi) is 4.33. The van der Waals surface area contributed by atoms with E-state index in [1.165, 1.54) is 0 Å². The quantitative estimate of drug-likeness (QED) is 0.662. The zero-order chi connectivity index (χ0) is 16.4. The minimum atomic E-state index is -0.463. The van der Waals surface area contributed by atoms with Gasteiger partial charge in [-0.25, -0.2) is 4.79 Å². The van der Waals surface area contributed by atoms with Crippen molar-refractivity contribution in [3.05, 3.63) is 41.1 Å². The van der Waals surface area contributed by atoms with Crippen molar-refractivity contribution in [1.82, 2.24) is 5.32 Å². The molecule has 3 rings (SSSR count). The van der Waals surface area contributed by atoms with Crippen molar-refractivity contribution in [2.24, 2.45) is 0 Å². The number of rotatable bonds is 5. The zero-order valence-corrected chi connectivity index (χ0v) is 14.1. The lowest BCUT2D eigenvalue weighted by Gasteiger charge is -2.45. The van der Waals surface area contributed by atoms with E-state index >= 15 is 0 Å². The van der Waals surface area contributed by atoms with Gasteiger partial charge in [-0.2, -0.15) is 0 Å². The molecule has 2 aliphatic heterocycles. The van der Waals surface area contributed by atoms with E-state index in [1.807, 2.05) is 38.1 Å². The van der Waals surface area contributed by atoms with Crippen LogP contribution in [-0.2, 0) is 9.53 Å². The Morgan fingerprint density at radius 2 is 2.17 bits per heavy atom. The molecule has 23 heavy (non-hydrogen) atoms. The molecule has 1 aromatic rings. The maximum atomic E-state index is 12.6. The van der Waals surface area contributed by atoms with E-state index < -0.39 is 5.72 Å². The molecule has 0 saturated carbocycles. The fourth-order valence-electron chi connectivity index (χ4n) is 3.59. The molecule has 0 aromatic heterocycles. The number of esters is 1. The second-order valence-corrected chi connectivity index (χ2v) is 6.63. The van der Waals surface area contributed by atoms with Crippen molar-refractivity contribution in [2.75, 3.05) is 6.61 Å². The third-order valence-corrected chi connectivity index (χ3v) is 4.63. The average Bonchev–Trinajstić information content (AvgIpc) is 2.50. The molecule has 1 N–H and O–H groups in total. The fourth-order valence-corrected chi connectivity index (χ4v) is 3.59. The van der Waals surface area contributed by atoms with Gasteiger partial charge in [0.25, 0.3) is 0 Å². The summed E-state index contributed by atoms with van der Waals surface area (Å²) in [6, 6.07) is 7.96. The van der Waals surface area contributed by atoms with Crippen molar-refractivity contribution in [1.29, 1.82) is 0 Å². The number of unbranched alkanes of at least 4 members (excludes halogenated alkanes) is 2. The molecule has 124 valence electrons. The van der Waals surface area contributed by atoms with Crippen LogP contribution in [0.25, 0.3) is 0 Å². The molecular weight excluding hydrogens is 290 g/mol. The smallest absolute Gasteiger partial charge is 0.336 e. The number of para-hydroxylation sites is 1. The topological polar surface area (TPSA) is 47.6 Å². The Labute approximate surface area is 137 Å². The summed E-state index contributed by atoms with van der Waals surface area (Å²) in [7, 11) is 0. The summed E-state index contributed by atoms with van der Waals surface area (Å²) in [4.78, 5) is 12.6. The monoisotopic (exact) mass is 315 g/mol. The normalized spacial score (nSPS) is 25.3. The number of carbonyl (C=O) groups is 1. The van der Waals surface area contributed by atoms with E-state index in [-0.39, 0.29) is 11.9 Å². The van der Waals surface area contributed by atoms with Crippen molar-refractivity contribution >= 4 is 5.97 Å². The molecule has 0 radical (unpaired) electrons. The van der Waals surface area contributed by atoms with Gasteiger partial charge in [0.1, 0.15) is 5.75 Å². The lowest BCUT2D eigenvalue weighted by Crippen LogP contribution is -2.54. The van der Waals surface area contributed by atoms with Crippen molar-refractivity contribution in [3.63, 3.8) is 0 Å². The van der Waals surface area contributed by atoms with Gasteiger partial charge >= 0.3 is 5.97 Å². The molecule has 0 spiro atoms. The van der Waals surface area contributed by atoms with Crippen LogP contribution in [0, 0.1) is 0 Å². The molecule has 0 unspecified atom stereocenters. The Morgan fingerprint density at radius 1 is 1.39 bits per heavy atom. The van der Waals surface area contributed by atoms with Gasteiger partial charge in [0.05, 0.1) is 12.2 Å². The van der Waals surface area contributed by atoms with Gasteiger partial charge in [0, 0.05) is 23.6 Å². The number of hydrogen-bond donors (Lipinski definition) is 1. The summed E-state index contributed by atoms with van der Waals surface area (Å²) in [5, 5.41) is 3.35. The highest BCUT2D eigenvalue weighted by Gasteiger charge is 2.45. The van der Waals surface area contributed by atoms with Crippen LogP contribution in [0.4, 0.5) is 0 Å². The number of allylic oxidation sites excluding steroid dienone is 1. The Morgan fingerprint density at radius 3 is 2.96 bits per heavy atom. The highest BCUT2D eigenvalue weighted by Crippen LogP contribution is 2.47. The SMILES string of the molecule is CCCCCOC(=O)C1=C(C)N[C@]2(C)C[C@H]1c1ccccc1O2. The molecule has 2 atom stereocenters. The van der Waals surface area contributed by atoms with Crippen LogP contribution in [0.15, 0.2) is 35.5 Å². The van der Waals surface area contributed by atoms with Gasteiger partial charge in [-0.15, -0.1) is 0 Å². The number of benzene rings is 1. The molecule has 2 bridgehead atoms. The number of nitrogens with one attached hydrogen (secondary N) is 1. The molecule has 0 amide bonds. The molecule has 2 heterocycles. The minimum absolute atomic E-state index is 0.0323. The van der Waals surface area contributed by atoms with Gasteiger partial charge in [-0.1, -0.05) is 38.0 Å². The minimum Gasteiger partial charge on any atom is -0.468 e. The van der Waals surface area contributed by atoms with Gasteiger partial charge < -0.3 is 14.8 Å². The molecule has 4 heteroatoms. The number of fused-ring (bicyclic) bond motifs is 4. The molecule has 1 aromatic carbocycles. The summed E-state index contributed by atoms with van der Waals surface area (Å²) in [6.45, 7) is 6.60. The predicted molar refractivity (Wildman–Crippen MR) is 89.2 cm³/mol. The van der Waals surface area contributed by atoms with E-state index in [4.69, 9.17) is 9.47 Å². The first-order valence-electron chi connectivity index (χ1n) is 8.48. The highest BCUT2D eigenvalue weighted by atomic mass is 16.5. The summed E-state index contributed by atoms with van der Waals surface area (Å²) >= 11 is 0. The molecule has 0 aliphatic carbocycles. The molecule has 0 fully saturated rings. The third-order valence-electron chi connectivity index (χ3n) is 4.63. The maximum absolute atomic E-state index is 12.6. The summed E-state index contributed by atoms with van der Waals surface area (Å²) in [5.41, 5.74) is 2.22. The number of carbonyl (C=O) groups excluding carboxylic acids is 1. The van der Waals surface area contributed by atoms with Crippen LogP contribution in [0.5, 0.6) is 5.75 Å². The second kappa shape index (κ2) is 6.26. The van der Waals surface area contributed by atoms with Crippen LogP contribution >= 0.6 is 0 Å². The second-order valence-electron chi connectivity index (χ2n) is 6.63. The Bertz CT molecular complexity index is 637. The molecule has 4 nitrogen and oxygen atoms in total. The summed E-state index contributed by atoms with van der Waals surface area (Å²) < 4.78 is 11.6. The first-order chi connectivity index (χ1) is 11.0. The van der Waals surface area contributed by atoms with Gasteiger partial charge in [-0.3, -0.25) is 0 Å². The van der Waals surface area contributed by atoms with Gasteiger partial charge in [0.2, 0.25) is 0 Å². The number of ether oxygens (including phenoxy) is 2. The third kappa shape index (κ3) is 3.07. The lowest BCUT2D eigenvalue weighted by atomic mass is 9.78. The largest absolute Gasteiger partial charge is 0.468 e. The summed E-state index contributed by atoms with van der Waals surface area (Å²) in [5.74, 6) is 0.683. The summed E-state index contributed by atoms with van der Waals surface area (Å²) in [6.07, 6.45) is 3.86. The standard InChI is InChI=1S/C19H25NO3/c1-4-5-8-11-22-18(21)17-13(2)20-19(3)12-15(17)14-9-6-7-10-16(14)23-19/h6-7,9-10,15,20H,4-5,8,11-12H2,1-3H3/t15-,19-/m0/s1. The van der Waals surface area contributed by atoms with Crippen LogP contribution in [-0.4, -0.2) is 18.3 Å². The zero-order valence-electron chi connectivity index (χ0n) is 14.1.